The Hall–Kier alpha value is -2.71. The molecule has 0 radical (unpaired) electrons. The molecule has 2 bridgehead atoms. The molecule has 15 nitrogen and oxygen atoms in total. The van der Waals surface area contributed by atoms with Gasteiger partial charge in [0.1, 0.15) is 30.1 Å². The van der Waals surface area contributed by atoms with Crippen molar-refractivity contribution in [1.82, 2.24) is 4.90 Å². The molecule has 69 heavy (non-hydrogen) atoms. The fraction of sp³-hybridized carbons (Fsp3) is 0.750. The van der Waals surface area contributed by atoms with Crippen molar-refractivity contribution in [3.63, 3.8) is 0 Å². The maximum Gasteiger partial charge on any atom is 0.329 e. The largest absolute Gasteiger partial charge is 0.460 e. The number of amides is 1. The fourth-order valence-corrected chi connectivity index (χ4v) is 11.6. The number of nitrogens with zero attached hydrogens (tertiary/aromatic N) is 1. The molecule has 0 aromatic carbocycles. The van der Waals surface area contributed by atoms with Gasteiger partial charge in [-0.15, -0.1) is 0 Å². The average molecular weight is 1010 g/mol. The number of carbonyl (C=O) groups excluding carboxylic acids is 5. The second kappa shape index (κ2) is 26.8. The summed E-state index contributed by atoms with van der Waals surface area (Å²) in [5.41, 5.74) is 1.23. The van der Waals surface area contributed by atoms with Crippen LogP contribution in [0.15, 0.2) is 47.6 Å². The van der Waals surface area contributed by atoms with E-state index < -0.39 is 85.1 Å². The molecule has 0 spiro atoms. The van der Waals surface area contributed by atoms with E-state index in [1.165, 1.54) is 12.0 Å². The van der Waals surface area contributed by atoms with Gasteiger partial charge >= 0.3 is 5.97 Å². The number of hydrogen-bond acceptors (Lipinski definition) is 14. The van der Waals surface area contributed by atoms with E-state index in [4.69, 9.17) is 28.0 Å². The number of aliphatic hydroxyl groups excluding tert-OH is 1. The topological polar surface area (TPSA) is 201 Å². The van der Waals surface area contributed by atoms with Crippen LogP contribution in [-0.2, 0) is 56.5 Å². The Morgan fingerprint density at radius 2 is 1.61 bits per heavy atom. The molecule has 2 saturated heterocycles. The number of Topliss-reactive ketones (excluding diaryl/α,β-unsaturated/α-hetero) is 3. The van der Waals surface area contributed by atoms with E-state index in [1.54, 1.807) is 47.3 Å². The molecule has 3 unspecified atom stereocenters. The predicted molar refractivity (Wildman–Crippen MR) is 267 cm³/mol. The van der Waals surface area contributed by atoms with Gasteiger partial charge in [-0.3, -0.25) is 23.7 Å². The lowest BCUT2D eigenvalue weighted by atomic mass is 9.78. The summed E-state index contributed by atoms with van der Waals surface area (Å²) in [4.78, 5) is 72.2. The predicted octanol–water partition coefficient (Wildman–Crippen LogP) is 7.90. The fourth-order valence-electron chi connectivity index (χ4n) is 10.4. The van der Waals surface area contributed by atoms with Gasteiger partial charge in [-0.1, -0.05) is 71.1 Å². The van der Waals surface area contributed by atoms with Crippen molar-refractivity contribution in [1.29, 1.82) is 0 Å². The number of ether oxygens (including phenoxy) is 4. The van der Waals surface area contributed by atoms with Crippen molar-refractivity contribution in [2.45, 2.75) is 180 Å². The monoisotopic (exact) mass is 1010 g/mol. The Balaban J connectivity index is 1.70. The van der Waals surface area contributed by atoms with Crippen LogP contribution in [-0.4, -0.2) is 133 Å². The SMILES string of the molecule is COC1C(=O)[C@H](C)C[C@H](C)/C=C/C=C/C=C(\C)C(OP)C[C@@H]2CC[C@@H](C)[C@@](O)(O2)C(=O)C(=O)N2CCCC[C@H]2C(=O)O[C@H]([C@H](C)C[C@@H]2CC[C@@H](OP(C)(C)=O)[C@H](OC)C2)CC(=O)[C@H](C)/C=C(\C)[C@H]1O. The lowest BCUT2D eigenvalue weighted by Crippen LogP contribution is -2.61. The molecule has 1 saturated carbocycles. The smallest absolute Gasteiger partial charge is 0.329 e. The lowest BCUT2D eigenvalue weighted by molar-refractivity contribution is -0.265. The summed E-state index contributed by atoms with van der Waals surface area (Å²) in [6, 6.07) is -1.16. The van der Waals surface area contributed by atoms with Crippen molar-refractivity contribution in [2.24, 2.45) is 35.5 Å². The number of hydrogen-bond donors (Lipinski definition) is 2. The van der Waals surface area contributed by atoms with Crippen LogP contribution >= 0.6 is 16.8 Å². The molecule has 17 heteroatoms. The number of methoxy groups -OCH3 is 2. The first kappa shape index (κ1) is 58.9. The average Bonchev–Trinajstić information content (AvgIpc) is 3.30. The molecule has 1 amide bonds. The van der Waals surface area contributed by atoms with E-state index in [-0.39, 0.29) is 67.3 Å². The maximum absolute atomic E-state index is 14.5. The number of carbonyl (C=O) groups is 5. The summed E-state index contributed by atoms with van der Waals surface area (Å²) in [6.07, 6.45) is 11.2. The van der Waals surface area contributed by atoms with Crippen LogP contribution in [0.2, 0.25) is 0 Å². The molecule has 0 aromatic rings. The summed E-state index contributed by atoms with van der Waals surface area (Å²) < 4.78 is 48.1. The van der Waals surface area contributed by atoms with Gasteiger partial charge in [0.05, 0.1) is 24.4 Å². The third-order valence-corrected chi connectivity index (χ3v) is 15.8. The number of ketones is 3. The van der Waals surface area contributed by atoms with E-state index in [0.717, 1.165) is 12.0 Å². The zero-order valence-electron chi connectivity index (χ0n) is 43.0. The minimum Gasteiger partial charge on any atom is -0.460 e. The van der Waals surface area contributed by atoms with Gasteiger partial charge in [0, 0.05) is 74.2 Å². The highest BCUT2D eigenvalue weighted by atomic mass is 31.2. The maximum atomic E-state index is 14.5. The number of aliphatic hydroxyl groups is 2. The van der Waals surface area contributed by atoms with Crippen LogP contribution in [0, 0.1) is 35.5 Å². The van der Waals surface area contributed by atoms with Crippen LogP contribution in [0.25, 0.3) is 0 Å². The highest BCUT2D eigenvalue weighted by Gasteiger charge is 2.53. The van der Waals surface area contributed by atoms with Gasteiger partial charge in [0.2, 0.25) is 5.79 Å². The normalized spacial score (nSPS) is 39.0. The van der Waals surface area contributed by atoms with Gasteiger partial charge in [-0.05, 0) is 107 Å². The molecule has 0 aromatic heterocycles. The third kappa shape index (κ3) is 16.4. The number of piperidine rings is 1. The standard InChI is InChI=1S/C52H83NO14P2/c1-31-17-13-12-14-18-32(2)44(66-68)29-39-22-20-37(7)52(60,65-39)49(57)50(58)53-24-16-15-19-40(53)51(59)64-43(34(4)27-38-21-23-42(45(28-38)62-8)67-69(10,11)61)30-41(54)33(3)26-36(6)47(56)48(63-9)46(55)35(5)25-31/h12-14,17-18,26,31,33-35,37-40,42-45,47-48,56,60H,15-16,19-25,27-30,68H2,1-11H3/b14-12+,17-13+,32-18+,36-26+/t31-,33-,34-,35-,37-,38+,39+,40+,42-,43+,44?,45-,47-,48?,52-/m1/s1. The molecule has 390 valence electrons. The quantitative estimate of drug-likeness (QED) is 0.103. The van der Waals surface area contributed by atoms with Gasteiger partial charge < -0.3 is 43.1 Å². The van der Waals surface area contributed by atoms with Crippen LogP contribution < -0.4 is 0 Å². The number of allylic oxidation sites excluding steroid dienone is 6. The molecule has 3 heterocycles. The number of esters is 1. The van der Waals surface area contributed by atoms with Gasteiger partial charge in [-0.25, -0.2) is 4.79 Å². The van der Waals surface area contributed by atoms with Crippen molar-refractivity contribution in [3.05, 3.63) is 47.6 Å². The van der Waals surface area contributed by atoms with Crippen molar-refractivity contribution in [3.8, 4) is 0 Å². The number of fused-ring (bicyclic) bond motifs is 3. The summed E-state index contributed by atoms with van der Waals surface area (Å²) >= 11 is 0. The number of rotatable bonds is 8. The molecule has 4 aliphatic rings. The van der Waals surface area contributed by atoms with Gasteiger partial charge in [-0.2, -0.15) is 0 Å². The summed E-state index contributed by atoms with van der Waals surface area (Å²) in [7, 11) is 2.45. The highest BCUT2D eigenvalue weighted by molar-refractivity contribution is 7.57. The van der Waals surface area contributed by atoms with Crippen molar-refractivity contribution >= 4 is 46.1 Å². The zero-order chi connectivity index (χ0) is 51.4. The second-order valence-corrected chi connectivity index (χ2v) is 23.8. The minimum absolute atomic E-state index is 0.00835. The van der Waals surface area contributed by atoms with Crippen LogP contribution in [0.5, 0.6) is 0 Å². The second-order valence-electron chi connectivity index (χ2n) is 20.8. The summed E-state index contributed by atoms with van der Waals surface area (Å²) in [5, 5.41) is 23.5. The van der Waals surface area contributed by atoms with E-state index in [0.29, 0.717) is 56.9 Å². The highest BCUT2D eigenvalue weighted by Crippen LogP contribution is 2.45. The first-order chi connectivity index (χ1) is 32.4. The van der Waals surface area contributed by atoms with Crippen LogP contribution in [0.1, 0.15) is 126 Å². The Morgan fingerprint density at radius 3 is 2.26 bits per heavy atom. The minimum atomic E-state index is -2.79. The zero-order valence-corrected chi connectivity index (χ0v) is 45.1. The summed E-state index contributed by atoms with van der Waals surface area (Å²) in [6.45, 7) is 15.9. The molecule has 1 aliphatic carbocycles. The molecule has 16 atom stereocenters. The lowest BCUT2D eigenvalue weighted by Gasteiger charge is -2.42. The molecular weight excluding hydrogens is 925 g/mol. The summed E-state index contributed by atoms with van der Waals surface area (Å²) in [5.74, 6) is -8.15. The Kier molecular flexibility index (Phi) is 22.9. The van der Waals surface area contributed by atoms with Crippen molar-refractivity contribution < 1.29 is 66.7 Å². The van der Waals surface area contributed by atoms with Crippen LogP contribution in [0.3, 0.4) is 0 Å². The van der Waals surface area contributed by atoms with Crippen molar-refractivity contribution in [2.75, 3.05) is 34.1 Å². The Labute approximate surface area is 413 Å². The first-order valence-corrected chi connectivity index (χ1v) is 28.0. The third-order valence-electron chi connectivity index (χ3n) is 14.7. The number of cyclic esters (lactones) is 1. The molecule has 3 fully saturated rings. The van der Waals surface area contributed by atoms with E-state index >= 15 is 0 Å². The van der Waals surface area contributed by atoms with Crippen LogP contribution in [0.4, 0.5) is 0 Å². The first-order valence-electron chi connectivity index (χ1n) is 25.0. The van der Waals surface area contributed by atoms with Gasteiger partial charge in [0.15, 0.2) is 13.2 Å². The van der Waals surface area contributed by atoms with E-state index in [2.05, 4.69) is 9.47 Å². The van der Waals surface area contributed by atoms with E-state index in [1.807, 2.05) is 58.1 Å². The molecule has 3 aliphatic heterocycles. The Bertz CT molecular complexity index is 1950. The molecule has 2 N–H and O–H groups in total. The Morgan fingerprint density at radius 1 is 0.899 bits per heavy atom. The molecule has 4 rings (SSSR count). The molecular formula is C52H83NO14P2. The van der Waals surface area contributed by atoms with Gasteiger partial charge in [0.25, 0.3) is 11.7 Å². The van der Waals surface area contributed by atoms with E-state index in [9.17, 15) is 38.8 Å².